The summed E-state index contributed by atoms with van der Waals surface area (Å²) in [5.41, 5.74) is -3.36. The van der Waals surface area contributed by atoms with Gasteiger partial charge in [-0.25, -0.2) is 4.98 Å². The second kappa shape index (κ2) is 8.64. The first-order chi connectivity index (χ1) is 14.5. The first kappa shape index (κ1) is 22.7. The number of aromatic nitrogens is 2. The maximum atomic E-state index is 12.6. The molecule has 3 aromatic rings. The molecule has 0 spiro atoms. The van der Waals surface area contributed by atoms with Crippen molar-refractivity contribution < 1.29 is 21.6 Å². The van der Waals surface area contributed by atoms with Crippen LogP contribution in [0.2, 0.25) is 0 Å². The zero-order valence-electron chi connectivity index (χ0n) is 16.4. The molecular formula is C20H17F3N4O2S2. The average Bonchev–Trinajstić information content (AvgIpc) is 3.17. The summed E-state index contributed by atoms with van der Waals surface area (Å²) in [6.07, 6.45) is 2.54. The Morgan fingerprint density at radius 3 is 2.58 bits per heavy atom. The minimum atomic E-state index is -5.63. The van der Waals surface area contributed by atoms with E-state index < -0.39 is 21.2 Å². The quantitative estimate of drug-likeness (QED) is 0.538. The number of pyridine rings is 1. The first-order valence-electron chi connectivity index (χ1n) is 9.04. The maximum absolute atomic E-state index is 12.6. The molecule has 11 heteroatoms. The molecule has 0 fully saturated rings. The number of thiazole rings is 1. The van der Waals surface area contributed by atoms with Crippen LogP contribution in [0.25, 0.3) is 21.8 Å². The number of nitrogens with one attached hydrogen (secondary N) is 1. The number of nitriles is 1. The summed E-state index contributed by atoms with van der Waals surface area (Å²) in [5.74, 6) is 0.451. The van der Waals surface area contributed by atoms with Crippen LogP contribution >= 0.6 is 11.3 Å². The molecule has 0 unspecified atom stereocenters. The van der Waals surface area contributed by atoms with Crippen molar-refractivity contribution in [2.45, 2.75) is 25.8 Å². The number of anilines is 1. The Balaban J connectivity index is 1.90. The predicted octanol–water partition coefficient (Wildman–Crippen LogP) is 5.20. The third kappa shape index (κ3) is 5.21. The number of benzene rings is 1. The van der Waals surface area contributed by atoms with Crippen molar-refractivity contribution in [1.82, 2.24) is 9.97 Å². The van der Waals surface area contributed by atoms with Gasteiger partial charge in [0.1, 0.15) is 11.1 Å². The van der Waals surface area contributed by atoms with Gasteiger partial charge in [-0.15, -0.1) is 11.3 Å². The van der Waals surface area contributed by atoms with E-state index >= 15 is 0 Å². The summed E-state index contributed by atoms with van der Waals surface area (Å²) in [7, 11) is -5.63. The van der Waals surface area contributed by atoms with Crippen LogP contribution in [0.3, 0.4) is 0 Å². The van der Waals surface area contributed by atoms with E-state index in [1.165, 1.54) is 28.2 Å². The topological polar surface area (TPSA) is 95.7 Å². The molecule has 162 valence electrons. The molecule has 0 bridgehead atoms. The molecule has 0 saturated carbocycles. The van der Waals surface area contributed by atoms with Gasteiger partial charge in [-0.1, -0.05) is 19.9 Å². The Kier molecular flexibility index (Phi) is 6.33. The number of nitrogens with zero attached hydrogens (tertiary/aromatic N) is 3. The van der Waals surface area contributed by atoms with Crippen LogP contribution in [-0.2, 0) is 16.4 Å². The Morgan fingerprint density at radius 1 is 1.19 bits per heavy atom. The molecular weight excluding hydrogens is 449 g/mol. The van der Waals surface area contributed by atoms with Crippen molar-refractivity contribution in [1.29, 1.82) is 5.26 Å². The van der Waals surface area contributed by atoms with Crippen LogP contribution in [0, 0.1) is 17.2 Å². The van der Waals surface area contributed by atoms with E-state index in [0.29, 0.717) is 17.2 Å². The number of hydrogen-bond donors (Lipinski definition) is 1. The van der Waals surface area contributed by atoms with Gasteiger partial charge in [0.2, 0.25) is 0 Å². The minimum Gasteiger partial charge on any atom is -0.275 e. The molecule has 0 atom stereocenters. The summed E-state index contributed by atoms with van der Waals surface area (Å²) >= 11 is 1.37. The van der Waals surface area contributed by atoms with Gasteiger partial charge in [-0.05, 0) is 36.6 Å². The van der Waals surface area contributed by atoms with Gasteiger partial charge in [0.15, 0.2) is 0 Å². The molecule has 0 amide bonds. The highest BCUT2D eigenvalue weighted by Crippen LogP contribution is 2.32. The van der Waals surface area contributed by atoms with E-state index in [0.717, 1.165) is 28.8 Å². The van der Waals surface area contributed by atoms with Crippen LogP contribution in [0.1, 0.15) is 25.1 Å². The monoisotopic (exact) mass is 466 g/mol. The molecule has 6 nitrogen and oxygen atoms in total. The number of hydrogen-bond acceptors (Lipinski definition) is 6. The molecule has 2 aromatic heterocycles. The van der Waals surface area contributed by atoms with Crippen molar-refractivity contribution in [2.24, 2.45) is 5.92 Å². The Hall–Kier alpha value is -2.97. The standard InChI is InChI=1S/C20H17F3N4O2S2/c1-12(2)7-16-9-14(5-6-25-16)19-26-18(11-30-19)13-3-4-17(15(8-13)10-24)27-31(28,29)20(21,22)23/h3-6,8-9,11-12,27H,7H2,1-2H3. The SMILES string of the molecule is CC(C)Cc1cc(-c2nc(-c3ccc(NS(=O)(=O)C(F)(F)F)c(C#N)c3)cs2)ccn1. The van der Waals surface area contributed by atoms with E-state index in [4.69, 9.17) is 0 Å². The fourth-order valence-electron chi connectivity index (χ4n) is 2.77. The van der Waals surface area contributed by atoms with Gasteiger partial charge < -0.3 is 0 Å². The Labute approximate surface area is 181 Å². The number of sulfonamides is 1. The average molecular weight is 467 g/mol. The van der Waals surface area contributed by atoms with Crippen molar-refractivity contribution in [3.63, 3.8) is 0 Å². The van der Waals surface area contributed by atoms with Crippen LogP contribution in [0.5, 0.6) is 0 Å². The first-order valence-corrected chi connectivity index (χ1v) is 11.4. The Morgan fingerprint density at radius 2 is 1.94 bits per heavy atom. The smallest absolute Gasteiger partial charge is 0.275 e. The lowest BCUT2D eigenvalue weighted by Crippen LogP contribution is -2.30. The molecule has 0 aliphatic heterocycles. The largest absolute Gasteiger partial charge is 0.516 e. The number of alkyl halides is 3. The highest BCUT2D eigenvalue weighted by molar-refractivity contribution is 7.93. The highest BCUT2D eigenvalue weighted by Gasteiger charge is 2.46. The predicted molar refractivity (Wildman–Crippen MR) is 113 cm³/mol. The van der Waals surface area contributed by atoms with E-state index in [-0.39, 0.29) is 5.56 Å². The zero-order valence-corrected chi connectivity index (χ0v) is 18.1. The van der Waals surface area contributed by atoms with E-state index in [9.17, 15) is 26.9 Å². The van der Waals surface area contributed by atoms with E-state index in [1.54, 1.807) is 17.6 Å². The van der Waals surface area contributed by atoms with Gasteiger partial charge in [0, 0.05) is 28.4 Å². The van der Waals surface area contributed by atoms with Gasteiger partial charge >= 0.3 is 15.5 Å². The molecule has 0 radical (unpaired) electrons. The van der Waals surface area contributed by atoms with Crippen molar-refractivity contribution in [3.8, 4) is 27.9 Å². The maximum Gasteiger partial charge on any atom is 0.516 e. The van der Waals surface area contributed by atoms with Crippen molar-refractivity contribution >= 4 is 27.0 Å². The summed E-state index contributed by atoms with van der Waals surface area (Å²) in [6.45, 7) is 4.20. The normalized spacial score (nSPS) is 12.0. The van der Waals surface area contributed by atoms with Crippen LogP contribution < -0.4 is 4.72 Å². The lowest BCUT2D eigenvalue weighted by molar-refractivity contribution is -0.0429. The Bertz CT molecular complexity index is 1250. The highest BCUT2D eigenvalue weighted by atomic mass is 32.2. The van der Waals surface area contributed by atoms with Gasteiger partial charge in [-0.3, -0.25) is 9.71 Å². The van der Waals surface area contributed by atoms with E-state index in [1.807, 2.05) is 12.1 Å². The zero-order chi connectivity index (χ0) is 22.8. The number of halogens is 3. The number of rotatable bonds is 6. The molecule has 1 N–H and O–H groups in total. The van der Waals surface area contributed by atoms with Gasteiger partial charge in [0.05, 0.1) is 16.9 Å². The lowest BCUT2D eigenvalue weighted by Gasteiger charge is -2.12. The third-order valence-corrected chi connectivity index (χ3v) is 6.16. The molecule has 31 heavy (non-hydrogen) atoms. The van der Waals surface area contributed by atoms with Crippen LogP contribution in [-0.4, -0.2) is 23.9 Å². The van der Waals surface area contributed by atoms with Gasteiger partial charge in [-0.2, -0.15) is 26.9 Å². The summed E-state index contributed by atoms with van der Waals surface area (Å²) in [5, 5.41) is 11.8. The van der Waals surface area contributed by atoms with Crippen molar-refractivity contribution in [2.75, 3.05) is 4.72 Å². The summed E-state index contributed by atoms with van der Waals surface area (Å²) in [6, 6.07) is 9.33. The molecule has 1 aromatic carbocycles. The van der Waals surface area contributed by atoms with E-state index in [2.05, 4.69) is 23.8 Å². The molecule has 0 saturated heterocycles. The van der Waals surface area contributed by atoms with Crippen molar-refractivity contribution in [3.05, 3.63) is 53.2 Å². The fraction of sp³-hybridized carbons (Fsp3) is 0.250. The third-order valence-electron chi connectivity index (χ3n) is 4.17. The molecule has 2 heterocycles. The minimum absolute atomic E-state index is 0.247. The van der Waals surface area contributed by atoms with Crippen LogP contribution in [0.4, 0.5) is 18.9 Å². The second-order valence-corrected chi connectivity index (χ2v) is 9.63. The summed E-state index contributed by atoms with van der Waals surface area (Å²) < 4.78 is 61.9. The molecule has 3 rings (SSSR count). The van der Waals surface area contributed by atoms with Gasteiger partial charge in [0.25, 0.3) is 0 Å². The fourth-order valence-corrected chi connectivity index (χ4v) is 4.18. The van der Waals surface area contributed by atoms with Crippen LogP contribution in [0.15, 0.2) is 41.9 Å². The summed E-state index contributed by atoms with van der Waals surface area (Å²) in [4.78, 5) is 8.91. The molecule has 0 aliphatic rings. The lowest BCUT2D eigenvalue weighted by atomic mass is 10.1. The molecule has 0 aliphatic carbocycles. The second-order valence-electron chi connectivity index (χ2n) is 7.10.